The van der Waals surface area contributed by atoms with E-state index >= 15 is 0 Å². The molecule has 1 spiro atoms. The first-order valence-electron chi connectivity index (χ1n) is 11.6. The zero-order valence-electron chi connectivity index (χ0n) is 20.3. The van der Waals surface area contributed by atoms with Crippen LogP contribution in [0, 0.1) is 13.8 Å². The van der Waals surface area contributed by atoms with Crippen molar-refractivity contribution in [2.75, 3.05) is 16.8 Å². The SMILES string of the molecule is Cc1ccc(NC(=O)N2CC(C)(C)S[C@@]23C(=O)N(Cc2ccccc2)c2ccc(Cl)cc23)cc1C. The van der Waals surface area contributed by atoms with Crippen LogP contribution in [-0.2, 0) is 16.2 Å². The normalized spacial score (nSPS) is 20.4. The van der Waals surface area contributed by atoms with Crippen LogP contribution in [0.15, 0.2) is 66.7 Å². The number of anilines is 2. The number of urea groups is 1. The first kappa shape index (κ1) is 23.8. The summed E-state index contributed by atoms with van der Waals surface area (Å²) >= 11 is 7.96. The Morgan fingerprint density at radius 3 is 2.49 bits per heavy atom. The molecule has 3 aromatic carbocycles. The number of carbonyl (C=O) groups is 2. The summed E-state index contributed by atoms with van der Waals surface area (Å²) < 4.78 is -0.335. The fraction of sp³-hybridized carbons (Fsp3) is 0.286. The number of nitrogens with one attached hydrogen (secondary N) is 1. The van der Waals surface area contributed by atoms with Crippen molar-refractivity contribution < 1.29 is 9.59 Å². The molecule has 2 heterocycles. The van der Waals surface area contributed by atoms with Crippen molar-refractivity contribution >= 4 is 46.7 Å². The summed E-state index contributed by atoms with van der Waals surface area (Å²) in [7, 11) is 0. The number of hydrogen-bond acceptors (Lipinski definition) is 3. The van der Waals surface area contributed by atoms with Gasteiger partial charge >= 0.3 is 6.03 Å². The van der Waals surface area contributed by atoms with Gasteiger partial charge in [-0.05, 0) is 74.7 Å². The Balaban J connectivity index is 1.58. The fourth-order valence-corrected chi connectivity index (χ4v) is 6.80. The number of benzene rings is 3. The van der Waals surface area contributed by atoms with E-state index in [9.17, 15) is 9.59 Å². The first-order valence-corrected chi connectivity index (χ1v) is 12.8. The molecule has 0 aromatic heterocycles. The summed E-state index contributed by atoms with van der Waals surface area (Å²) in [6, 6.07) is 21.0. The van der Waals surface area contributed by atoms with Crippen LogP contribution in [0.5, 0.6) is 0 Å². The zero-order valence-corrected chi connectivity index (χ0v) is 21.8. The van der Waals surface area contributed by atoms with Gasteiger partial charge in [0.15, 0.2) is 4.87 Å². The van der Waals surface area contributed by atoms with E-state index in [2.05, 4.69) is 19.2 Å². The minimum absolute atomic E-state index is 0.121. The highest BCUT2D eigenvalue weighted by molar-refractivity contribution is 8.02. The summed E-state index contributed by atoms with van der Waals surface area (Å²) in [5, 5.41) is 3.58. The van der Waals surface area contributed by atoms with Gasteiger partial charge in [0, 0.05) is 27.6 Å². The number of thioether (sulfide) groups is 1. The van der Waals surface area contributed by atoms with E-state index < -0.39 is 4.87 Å². The number of aryl methyl sites for hydroxylation is 2. The molecule has 5 rings (SSSR count). The van der Waals surface area contributed by atoms with Gasteiger partial charge in [-0.2, -0.15) is 0 Å². The molecular weight excluding hydrogens is 478 g/mol. The summed E-state index contributed by atoms with van der Waals surface area (Å²) in [5.74, 6) is -0.121. The van der Waals surface area contributed by atoms with E-state index in [0.717, 1.165) is 27.9 Å². The Morgan fingerprint density at radius 1 is 1.03 bits per heavy atom. The lowest BCUT2D eigenvalue weighted by Gasteiger charge is -2.33. The van der Waals surface area contributed by atoms with Crippen molar-refractivity contribution in [2.45, 2.75) is 43.9 Å². The highest BCUT2D eigenvalue weighted by atomic mass is 35.5. The summed E-state index contributed by atoms with van der Waals surface area (Å²) in [4.78, 5) is 30.3. The smallest absolute Gasteiger partial charge is 0.308 e. The maximum atomic E-state index is 14.3. The average Bonchev–Trinajstić information content (AvgIpc) is 3.23. The second kappa shape index (κ2) is 8.61. The molecule has 3 aromatic rings. The lowest BCUT2D eigenvalue weighted by atomic mass is 10.0. The number of halogens is 1. The van der Waals surface area contributed by atoms with E-state index in [1.54, 1.807) is 15.9 Å². The molecule has 0 aliphatic carbocycles. The molecule has 180 valence electrons. The molecule has 5 nitrogen and oxygen atoms in total. The molecule has 1 atom stereocenters. The third kappa shape index (κ3) is 4.09. The lowest BCUT2D eigenvalue weighted by Crippen LogP contribution is -2.51. The number of nitrogens with zero attached hydrogens (tertiary/aromatic N) is 2. The molecule has 1 N–H and O–H groups in total. The summed E-state index contributed by atoms with van der Waals surface area (Å²) in [6.07, 6.45) is 0. The quantitative estimate of drug-likeness (QED) is 0.430. The van der Waals surface area contributed by atoms with Crippen molar-refractivity contribution in [3.63, 3.8) is 0 Å². The molecule has 0 saturated carbocycles. The Labute approximate surface area is 215 Å². The van der Waals surface area contributed by atoms with Gasteiger partial charge in [-0.25, -0.2) is 4.79 Å². The number of amides is 3. The summed E-state index contributed by atoms with van der Waals surface area (Å²) in [6.45, 7) is 9.03. The van der Waals surface area contributed by atoms with Gasteiger partial charge in [-0.1, -0.05) is 48.0 Å². The van der Waals surface area contributed by atoms with Crippen LogP contribution in [0.2, 0.25) is 5.02 Å². The molecule has 2 aliphatic heterocycles. The Morgan fingerprint density at radius 2 is 1.77 bits per heavy atom. The van der Waals surface area contributed by atoms with Crippen LogP contribution in [0.25, 0.3) is 0 Å². The highest BCUT2D eigenvalue weighted by Crippen LogP contribution is 2.60. The third-order valence-electron chi connectivity index (χ3n) is 6.68. The molecule has 0 radical (unpaired) electrons. The largest absolute Gasteiger partial charge is 0.323 e. The number of rotatable bonds is 3. The van der Waals surface area contributed by atoms with Gasteiger partial charge in [-0.3, -0.25) is 9.69 Å². The number of carbonyl (C=O) groups excluding carboxylic acids is 2. The lowest BCUT2D eigenvalue weighted by molar-refractivity contribution is -0.123. The standard InChI is InChI=1S/C28H28ClN3O2S/c1-18-10-12-22(14-19(18)2)30-26(34)32-17-27(3,4)35-28(32)23-15-21(29)11-13-24(23)31(25(28)33)16-20-8-6-5-7-9-20/h5-15H,16-17H2,1-4H3,(H,30,34)/t28-/m0/s1. The number of hydrogen-bond donors (Lipinski definition) is 1. The monoisotopic (exact) mass is 505 g/mol. The van der Waals surface area contributed by atoms with Gasteiger partial charge in [0.2, 0.25) is 0 Å². The van der Waals surface area contributed by atoms with Crippen LogP contribution >= 0.6 is 23.4 Å². The van der Waals surface area contributed by atoms with E-state index in [4.69, 9.17) is 11.6 Å². The van der Waals surface area contributed by atoms with Gasteiger partial charge < -0.3 is 10.2 Å². The van der Waals surface area contributed by atoms with E-state index in [1.165, 1.54) is 11.8 Å². The van der Waals surface area contributed by atoms with Crippen LogP contribution < -0.4 is 10.2 Å². The molecule has 3 amide bonds. The molecular formula is C28H28ClN3O2S. The molecule has 1 fully saturated rings. The predicted octanol–water partition coefficient (Wildman–Crippen LogP) is 6.72. The van der Waals surface area contributed by atoms with E-state index in [-0.39, 0.29) is 16.7 Å². The van der Waals surface area contributed by atoms with Crippen LogP contribution in [0.3, 0.4) is 0 Å². The zero-order chi connectivity index (χ0) is 25.0. The second-order valence-electron chi connectivity index (χ2n) is 9.86. The van der Waals surface area contributed by atoms with Crippen molar-refractivity contribution in [1.82, 2.24) is 4.90 Å². The van der Waals surface area contributed by atoms with Crippen LogP contribution in [0.4, 0.5) is 16.2 Å². The van der Waals surface area contributed by atoms with Crippen molar-refractivity contribution in [3.8, 4) is 0 Å². The van der Waals surface area contributed by atoms with Gasteiger partial charge in [0.1, 0.15) is 0 Å². The minimum Gasteiger partial charge on any atom is -0.308 e. The predicted molar refractivity (Wildman–Crippen MR) is 144 cm³/mol. The number of fused-ring (bicyclic) bond motifs is 2. The molecule has 1 saturated heterocycles. The second-order valence-corrected chi connectivity index (χ2v) is 12.2. The summed E-state index contributed by atoms with van der Waals surface area (Å²) in [5.41, 5.74) is 5.53. The van der Waals surface area contributed by atoms with Crippen molar-refractivity contribution in [1.29, 1.82) is 0 Å². The maximum absolute atomic E-state index is 14.3. The fourth-order valence-electron chi connectivity index (χ4n) is 4.91. The molecule has 0 unspecified atom stereocenters. The van der Waals surface area contributed by atoms with Crippen molar-refractivity contribution in [3.05, 3.63) is 94.0 Å². The van der Waals surface area contributed by atoms with Crippen LogP contribution in [-0.4, -0.2) is 28.1 Å². The average molecular weight is 506 g/mol. The van der Waals surface area contributed by atoms with Gasteiger partial charge in [-0.15, -0.1) is 11.8 Å². The van der Waals surface area contributed by atoms with E-state index in [1.807, 2.05) is 74.5 Å². The molecule has 35 heavy (non-hydrogen) atoms. The minimum atomic E-state index is -1.19. The first-order chi connectivity index (χ1) is 16.6. The van der Waals surface area contributed by atoms with Crippen LogP contribution in [0.1, 0.15) is 36.1 Å². The van der Waals surface area contributed by atoms with Gasteiger partial charge in [0.05, 0.1) is 12.2 Å². The van der Waals surface area contributed by atoms with Gasteiger partial charge in [0.25, 0.3) is 5.91 Å². The topological polar surface area (TPSA) is 52.7 Å². The molecule has 2 aliphatic rings. The Kier molecular flexibility index (Phi) is 5.85. The Hall–Kier alpha value is -2.96. The van der Waals surface area contributed by atoms with E-state index in [0.29, 0.717) is 23.8 Å². The van der Waals surface area contributed by atoms with Crippen molar-refractivity contribution in [2.24, 2.45) is 0 Å². The molecule has 7 heteroatoms. The highest BCUT2D eigenvalue weighted by Gasteiger charge is 2.63. The molecule has 0 bridgehead atoms. The maximum Gasteiger partial charge on any atom is 0.323 e. The Bertz CT molecular complexity index is 1330. The third-order valence-corrected chi connectivity index (χ3v) is 8.51.